The maximum atomic E-state index is 14.0. The van der Waals surface area contributed by atoms with E-state index < -0.39 is 35.1 Å². The molecule has 2 aromatic carbocycles. The van der Waals surface area contributed by atoms with Crippen molar-refractivity contribution < 1.29 is 23.5 Å². The number of nitrogen functional groups attached to an aromatic ring is 1. The molecular weight excluding hydrogens is 485 g/mol. The number of benzene rings is 2. The molecule has 0 bridgehead atoms. The third-order valence-corrected chi connectivity index (χ3v) is 6.59. The van der Waals surface area contributed by atoms with E-state index in [1.807, 2.05) is 20.8 Å². The first-order chi connectivity index (χ1) is 17.0. The van der Waals surface area contributed by atoms with E-state index in [9.17, 15) is 18.8 Å². The van der Waals surface area contributed by atoms with Crippen LogP contribution in [-0.4, -0.2) is 34.7 Å². The van der Waals surface area contributed by atoms with Gasteiger partial charge in [-0.1, -0.05) is 25.1 Å². The van der Waals surface area contributed by atoms with E-state index >= 15 is 0 Å². The molecule has 3 rings (SSSR count). The molecular formula is C25H28FN5O4S. The molecule has 9 nitrogen and oxygen atoms in total. The Kier molecular flexibility index (Phi) is 7.93. The number of anilines is 2. The number of methoxy groups -OCH3 is 1. The Hall–Kier alpha value is -3.99. The molecule has 0 radical (unpaired) electrons. The van der Waals surface area contributed by atoms with E-state index in [-0.39, 0.29) is 16.3 Å². The van der Waals surface area contributed by atoms with Gasteiger partial charge in [0.05, 0.1) is 12.8 Å². The van der Waals surface area contributed by atoms with Gasteiger partial charge in [0.2, 0.25) is 5.91 Å². The summed E-state index contributed by atoms with van der Waals surface area (Å²) in [6.07, 6.45) is 0.617. The minimum atomic E-state index is -1.23. The topological polar surface area (TPSA) is 141 Å². The molecule has 1 unspecified atom stereocenters. The third-order valence-electron chi connectivity index (χ3n) is 5.74. The van der Waals surface area contributed by atoms with Crippen LogP contribution in [0.15, 0.2) is 48.5 Å². The molecule has 0 aliphatic rings. The van der Waals surface area contributed by atoms with Crippen LogP contribution in [0.4, 0.5) is 15.8 Å². The molecule has 3 amide bonds. The first-order valence-electron chi connectivity index (χ1n) is 11.1. The van der Waals surface area contributed by atoms with Crippen molar-refractivity contribution in [1.29, 1.82) is 0 Å². The zero-order chi connectivity index (χ0) is 26.6. The van der Waals surface area contributed by atoms with Gasteiger partial charge in [-0.25, -0.2) is 4.39 Å². The van der Waals surface area contributed by atoms with E-state index in [0.29, 0.717) is 35.0 Å². The van der Waals surface area contributed by atoms with Crippen LogP contribution in [-0.2, 0) is 4.79 Å². The van der Waals surface area contributed by atoms with Gasteiger partial charge in [0.25, 0.3) is 11.8 Å². The molecule has 0 aliphatic heterocycles. The zero-order valence-corrected chi connectivity index (χ0v) is 21.2. The van der Waals surface area contributed by atoms with Crippen molar-refractivity contribution >= 4 is 40.6 Å². The summed E-state index contributed by atoms with van der Waals surface area (Å²) in [4.78, 5) is 40.6. The van der Waals surface area contributed by atoms with Crippen LogP contribution in [0.25, 0.3) is 0 Å². The highest BCUT2D eigenvalue weighted by Gasteiger charge is 2.37. The average molecular weight is 514 g/mol. The van der Waals surface area contributed by atoms with Gasteiger partial charge in [0, 0.05) is 17.3 Å². The number of amides is 3. The fourth-order valence-electron chi connectivity index (χ4n) is 3.44. The minimum absolute atomic E-state index is 0.0683. The highest BCUT2D eigenvalue weighted by Crippen LogP contribution is 2.35. The summed E-state index contributed by atoms with van der Waals surface area (Å²) >= 11 is 0.700. The van der Waals surface area contributed by atoms with Crippen LogP contribution in [0.5, 0.6) is 5.75 Å². The molecule has 1 atom stereocenters. The van der Waals surface area contributed by atoms with Gasteiger partial charge in [0.15, 0.2) is 5.69 Å². The van der Waals surface area contributed by atoms with Crippen LogP contribution in [0, 0.1) is 5.82 Å². The van der Waals surface area contributed by atoms with Gasteiger partial charge in [-0.05, 0) is 61.6 Å². The molecule has 5 N–H and O–H groups in total. The van der Waals surface area contributed by atoms with Crippen molar-refractivity contribution in [2.75, 3.05) is 17.7 Å². The Morgan fingerprint density at radius 1 is 1.19 bits per heavy atom. The molecule has 0 saturated carbocycles. The molecule has 0 spiro atoms. The monoisotopic (exact) mass is 513 g/mol. The van der Waals surface area contributed by atoms with E-state index in [2.05, 4.69) is 9.69 Å². The van der Waals surface area contributed by atoms with Gasteiger partial charge in [-0.3, -0.25) is 19.3 Å². The van der Waals surface area contributed by atoms with Gasteiger partial charge in [-0.2, -0.15) is 4.37 Å². The lowest BCUT2D eigenvalue weighted by molar-refractivity contribution is -0.124. The zero-order valence-electron chi connectivity index (χ0n) is 20.4. The van der Waals surface area contributed by atoms with E-state index in [0.717, 1.165) is 0 Å². The molecule has 36 heavy (non-hydrogen) atoms. The first kappa shape index (κ1) is 26.6. The number of carbonyl (C=O) groups is 3. The summed E-state index contributed by atoms with van der Waals surface area (Å²) in [6.45, 7) is 5.62. The van der Waals surface area contributed by atoms with E-state index in [1.165, 1.54) is 36.3 Å². The van der Waals surface area contributed by atoms with Crippen LogP contribution in [0.2, 0.25) is 0 Å². The third kappa shape index (κ3) is 5.62. The maximum Gasteiger partial charge on any atom is 0.273 e. The Morgan fingerprint density at radius 3 is 2.42 bits per heavy atom. The summed E-state index contributed by atoms with van der Waals surface area (Å²) in [6, 6.07) is 10.6. The molecule has 0 fully saturated rings. The normalized spacial score (nSPS) is 12.0. The Bertz CT molecular complexity index is 1280. The largest absolute Gasteiger partial charge is 0.497 e. The second kappa shape index (κ2) is 10.7. The highest BCUT2D eigenvalue weighted by atomic mass is 32.1. The lowest BCUT2D eigenvalue weighted by atomic mass is 9.98. The Balaban J connectivity index is 2.25. The van der Waals surface area contributed by atoms with Crippen LogP contribution < -0.4 is 26.4 Å². The van der Waals surface area contributed by atoms with Crippen molar-refractivity contribution in [3.63, 3.8) is 0 Å². The number of rotatable bonds is 9. The Labute approximate surface area is 212 Å². The highest BCUT2D eigenvalue weighted by molar-refractivity contribution is 7.09. The average Bonchev–Trinajstić information content (AvgIpc) is 3.24. The number of halogens is 1. The number of aromatic nitrogens is 1. The van der Waals surface area contributed by atoms with Gasteiger partial charge in [-0.15, -0.1) is 0 Å². The van der Waals surface area contributed by atoms with Crippen molar-refractivity contribution in [2.45, 2.75) is 38.8 Å². The van der Waals surface area contributed by atoms with Crippen molar-refractivity contribution in [2.24, 2.45) is 5.73 Å². The first-order valence-corrected chi connectivity index (χ1v) is 11.9. The summed E-state index contributed by atoms with van der Waals surface area (Å²) in [5, 5.41) is 2.97. The number of hydrogen-bond acceptors (Lipinski definition) is 7. The predicted octanol–water partition coefficient (Wildman–Crippen LogP) is 3.66. The molecule has 1 heterocycles. The Morgan fingerprint density at radius 2 is 1.86 bits per heavy atom. The lowest BCUT2D eigenvalue weighted by Gasteiger charge is -2.34. The molecule has 3 aromatic rings. The fraction of sp³-hybridized carbons (Fsp3) is 0.280. The van der Waals surface area contributed by atoms with Crippen LogP contribution >= 0.6 is 11.5 Å². The van der Waals surface area contributed by atoms with E-state index in [1.54, 1.807) is 24.3 Å². The second-order valence-electron chi connectivity index (χ2n) is 8.70. The van der Waals surface area contributed by atoms with Crippen molar-refractivity contribution in [1.82, 2.24) is 9.69 Å². The van der Waals surface area contributed by atoms with Crippen molar-refractivity contribution in [3.8, 4) is 5.75 Å². The number of ether oxygens (including phenoxy) is 1. The molecule has 11 heteroatoms. The SMILES string of the molecule is CCC(C)(C)NC(=O)C(c1ccc(F)cc1)N(C(=O)c1snc(C(N)=O)c1N)c1cccc(OC)c1. The minimum Gasteiger partial charge on any atom is -0.497 e. The summed E-state index contributed by atoms with van der Waals surface area (Å²) in [5.41, 5.74) is 11.1. The standard InChI is InChI=1S/C25H28FN5O4S/c1-5-25(2,3)29-23(33)20(14-9-11-15(26)12-10-14)31(16-7-6-8-17(13-16)35-4)24(34)21-18(27)19(22(28)32)30-36-21/h6-13,20H,5,27H2,1-4H3,(H2,28,32)(H,29,33). The lowest BCUT2D eigenvalue weighted by Crippen LogP contribution is -2.50. The molecule has 0 aliphatic carbocycles. The van der Waals surface area contributed by atoms with Gasteiger partial charge >= 0.3 is 0 Å². The summed E-state index contributed by atoms with van der Waals surface area (Å²) < 4.78 is 23.0. The van der Waals surface area contributed by atoms with Crippen LogP contribution in [0.1, 0.15) is 59.0 Å². The number of primary amides is 1. The predicted molar refractivity (Wildman–Crippen MR) is 137 cm³/mol. The second-order valence-corrected chi connectivity index (χ2v) is 9.47. The number of carbonyl (C=O) groups excluding carboxylic acids is 3. The van der Waals surface area contributed by atoms with Gasteiger partial charge in [0.1, 0.15) is 22.5 Å². The van der Waals surface area contributed by atoms with Crippen molar-refractivity contribution in [3.05, 3.63) is 70.5 Å². The molecule has 1 aromatic heterocycles. The summed E-state index contributed by atoms with van der Waals surface area (Å²) in [5.74, 6) is -2.13. The smallest absolute Gasteiger partial charge is 0.273 e. The fourth-order valence-corrected chi connectivity index (χ4v) is 4.18. The molecule has 190 valence electrons. The number of nitrogens with one attached hydrogen (secondary N) is 1. The number of nitrogens with zero attached hydrogens (tertiary/aromatic N) is 2. The quantitative estimate of drug-likeness (QED) is 0.399. The summed E-state index contributed by atoms with van der Waals surface area (Å²) in [7, 11) is 1.47. The number of nitrogens with two attached hydrogens (primary N) is 2. The number of hydrogen-bond donors (Lipinski definition) is 3. The maximum absolute atomic E-state index is 14.0. The van der Waals surface area contributed by atoms with Crippen LogP contribution in [0.3, 0.4) is 0 Å². The molecule has 0 saturated heterocycles. The van der Waals surface area contributed by atoms with Gasteiger partial charge < -0.3 is 21.5 Å². The van der Waals surface area contributed by atoms with E-state index in [4.69, 9.17) is 16.2 Å².